The van der Waals surface area contributed by atoms with Crippen LogP contribution < -0.4 is 0 Å². The predicted molar refractivity (Wildman–Crippen MR) is 51.8 cm³/mol. The van der Waals surface area contributed by atoms with E-state index in [1.54, 1.807) is 0 Å². The first kappa shape index (κ1) is 11.0. The van der Waals surface area contributed by atoms with Crippen molar-refractivity contribution < 1.29 is 14.7 Å². The number of carbonyl (C=O) groups is 2. The Balaban J connectivity index is 2.86. The number of carboxylic acid groups (broad SMARTS) is 1. The van der Waals surface area contributed by atoms with Crippen LogP contribution in [0.3, 0.4) is 0 Å². The van der Waals surface area contributed by atoms with E-state index >= 15 is 0 Å². The molecule has 1 heterocycles. The summed E-state index contributed by atoms with van der Waals surface area (Å²) in [5.74, 6) is -0.655. The van der Waals surface area contributed by atoms with E-state index in [-0.39, 0.29) is 11.9 Å². The third-order valence-corrected chi connectivity index (χ3v) is 2.83. The average molecular weight is 199 g/mol. The summed E-state index contributed by atoms with van der Waals surface area (Å²) in [6.07, 6.45) is 1.46. The molecule has 0 bridgehead atoms. The maximum absolute atomic E-state index is 11.3. The molecule has 0 aromatic heterocycles. The van der Waals surface area contributed by atoms with Gasteiger partial charge in [0.25, 0.3) is 0 Å². The van der Waals surface area contributed by atoms with Gasteiger partial charge in [0.2, 0.25) is 5.91 Å². The Hall–Kier alpha value is -1.06. The zero-order chi connectivity index (χ0) is 10.9. The summed E-state index contributed by atoms with van der Waals surface area (Å²) in [7, 11) is 0. The van der Waals surface area contributed by atoms with Gasteiger partial charge in [0, 0.05) is 13.0 Å². The van der Waals surface area contributed by atoms with Gasteiger partial charge in [-0.2, -0.15) is 0 Å². The fraction of sp³-hybridized carbons (Fsp3) is 0.800. The zero-order valence-electron chi connectivity index (χ0n) is 8.86. The van der Waals surface area contributed by atoms with Crippen LogP contribution in [0.5, 0.6) is 0 Å². The fourth-order valence-electron chi connectivity index (χ4n) is 2.34. The van der Waals surface area contributed by atoms with Crippen molar-refractivity contribution in [3.63, 3.8) is 0 Å². The van der Waals surface area contributed by atoms with Gasteiger partial charge in [-0.3, -0.25) is 4.79 Å². The summed E-state index contributed by atoms with van der Waals surface area (Å²) in [5.41, 5.74) is 0. The molecule has 0 aliphatic carbocycles. The van der Waals surface area contributed by atoms with Crippen LogP contribution in [0.2, 0.25) is 0 Å². The lowest BCUT2D eigenvalue weighted by molar-refractivity contribution is -0.154. The second kappa shape index (κ2) is 3.98. The Bertz CT molecular complexity index is 252. The minimum atomic E-state index is -0.890. The predicted octanol–water partition coefficient (Wildman–Crippen LogP) is 1.11. The van der Waals surface area contributed by atoms with Crippen LogP contribution in [0.25, 0.3) is 0 Å². The number of piperidine rings is 1. The highest BCUT2D eigenvalue weighted by Gasteiger charge is 2.37. The van der Waals surface area contributed by atoms with E-state index in [0.717, 1.165) is 6.42 Å². The second-order valence-corrected chi connectivity index (χ2v) is 4.21. The van der Waals surface area contributed by atoms with E-state index in [9.17, 15) is 9.59 Å². The summed E-state index contributed by atoms with van der Waals surface area (Å²) in [6, 6.07) is -0.594. The van der Waals surface area contributed by atoms with Crippen LogP contribution in [-0.2, 0) is 9.59 Å². The third kappa shape index (κ3) is 2.05. The average Bonchev–Trinajstić information content (AvgIpc) is 2.01. The molecule has 0 aromatic rings. The smallest absolute Gasteiger partial charge is 0.326 e. The van der Waals surface area contributed by atoms with Crippen LogP contribution in [0.15, 0.2) is 0 Å². The molecule has 0 spiro atoms. The van der Waals surface area contributed by atoms with Crippen LogP contribution in [-0.4, -0.2) is 34.0 Å². The number of nitrogens with zero attached hydrogens (tertiary/aromatic N) is 1. The fourth-order valence-corrected chi connectivity index (χ4v) is 2.34. The molecule has 4 heteroatoms. The Morgan fingerprint density at radius 1 is 1.29 bits per heavy atom. The lowest BCUT2D eigenvalue weighted by Gasteiger charge is -2.40. The molecule has 1 aliphatic heterocycles. The van der Waals surface area contributed by atoms with Gasteiger partial charge in [-0.25, -0.2) is 4.79 Å². The summed E-state index contributed by atoms with van der Waals surface area (Å²) >= 11 is 0. The van der Waals surface area contributed by atoms with Crippen molar-refractivity contribution in [2.75, 3.05) is 0 Å². The zero-order valence-corrected chi connectivity index (χ0v) is 8.86. The Kier molecular flexibility index (Phi) is 3.13. The Labute approximate surface area is 83.9 Å². The van der Waals surface area contributed by atoms with Gasteiger partial charge >= 0.3 is 5.97 Å². The van der Waals surface area contributed by atoms with E-state index in [1.165, 1.54) is 11.8 Å². The lowest BCUT2D eigenvalue weighted by atomic mass is 9.88. The Morgan fingerprint density at radius 2 is 1.86 bits per heavy atom. The highest BCUT2D eigenvalue weighted by atomic mass is 16.4. The molecule has 1 amide bonds. The van der Waals surface area contributed by atoms with Crippen molar-refractivity contribution >= 4 is 11.9 Å². The topological polar surface area (TPSA) is 57.6 Å². The SMILES string of the molecule is CC(=O)N1[C@H](C)C[C@H](C)C[C@@H]1C(=O)O. The third-order valence-electron chi connectivity index (χ3n) is 2.83. The molecule has 4 nitrogen and oxygen atoms in total. The number of rotatable bonds is 1. The number of hydrogen-bond donors (Lipinski definition) is 1. The molecule has 1 rings (SSSR count). The Morgan fingerprint density at radius 3 is 2.29 bits per heavy atom. The van der Waals surface area contributed by atoms with Gasteiger partial charge < -0.3 is 10.0 Å². The van der Waals surface area contributed by atoms with E-state index in [1.807, 2.05) is 13.8 Å². The van der Waals surface area contributed by atoms with Gasteiger partial charge in [0.05, 0.1) is 0 Å². The number of carbonyl (C=O) groups excluding carboxylic acids is 1. The molecule has 80 valence electrons. The minimum Gasteiger partial charge on any atom is -0.480 e. The highest BCUT2D eigenvalue weighted by Crippen LogP contribution is 2.27. The molecule has 1 aliphatic rings. The second-order valence-electron chi connectivity index (χ2n) is 4.21. The summed E-state index contributed by atoms with van der Waals surface area (Å²) in [5, 5.41) is 9.00. The first-order valence-electron chi connectivity index (χ1n) is 4.95. The maximum atomic E-state index is 11.3. The summed E-state index contributed by atoms with van der Waals surface area (Å²) in [6.45, 7) is 5.37. The largest absolute Gasteiger partial charge is 0.480 e. The maximum Gasteiger partial charge on any atom is 0.326 e. The van der Waals surface area contributed by atoms with E-state index < -0.39 is 12.0 Å². The molecule has 1 fully saturated rings. The van der Waals surface area contributed by atoms with Crippen molar-refractivity contribution in [1.82, 2.24) is 4.90 Å². The minimum absolute atomic E-state index is 0.0392. The first-order valence-corrected chi connectivity index (χ1v) is 4.95. The van der Waals surface area contributed by atoms with Gasteiger partial charge in [-0.1, -0.05) is 6.92 Å². The molecule has 0 radical (unpaired) electrons. The molecule has 14 heavy (non-hydrogen) atoms. The molecule has 0 unspecified atom stereocenters. The van der Waals surface area contributed by atoms with Crippen molar-refractivity contribution in [2.45, 2.75) is 45.7 Å². The standard InChI is InChI=1S/C10H17NO3/c1-6-4-7(2)11(8(3)12)9(5-6)10(13)14/h6-7,9H,4-5H2,1-3H3,(H,13,14)/t6-,7+,9+/m0/s1. The van der Waals surface area contributed by atoms with Crippen LogP contribution in [0, 0.1) is 5.92 Å². The van der Waals surface area contributed by atoms with Gasteiger partial charge in [0.1, 0.15) is 6.04 Å². The molecule has 0 aromatic carbocycles. The number of amides is 1. The number of aliphatic carboxylic acids is 1. The molecule has 1 N–H and O–H groups in total. The van der Waals surface area contributed by atoms with Gasteiger partial charge in [0.15, 0.2) is 0 Å². The molecular formula is C10H17NO3. The van der Waals surface area contributed by atoms with E-state index in [4.69, 9.17) is 5.11 Å². The number of hydrogen-bond acceptors (Lipinski definition) is 2. The van der Waals surface area contributed by atoms with Crippen LogP contribution in [0.1, 0.15) is 33.6 Å². The van der Waals surface area contributed by atoms with Crippen molar-refractivity contribution in [2.24, 2.45) is 5.92 Å². The van der Waals surface area contributed by atoms with Crippen molar-refractivity contribution in [3.8, 4) is 0 Å². The van der Waals surface area contributed by atoms with Crippen molar-refractivity contribution in [1.29, 1.82) is 0 Å². The molecule has 1 saturated heterocycles. The number of likely N-dealkylation sites (tertiary alicyclic amines) is 1. The highest BCUT2D eigenvalue weighted by molar-refractivity contribution is 5.82. The van der Waals surface area contributed by atoms with Gasteiger partial charge in [-0.15, -0.1) is 0 Å². The van der Waals surface area contributed by atoms with Gasteiger partial charge in [-0.05, 0) is 25.7 Å². The lowest BCUT2D eigenvalue weighted by Crippen LogP contribution is -2.53. The summed E-state index contributed by atoms with van der Waals surface area (Å²) < 4.78 is 0. The molecular weight excluding hydrogens is 182 g/mol. The van der Waals surface area contributed by atoms with Crippen molar-refractivity contribution in [3.05, 3.63) is 0 Å². The van der Waals surface area contributed by atoms with Crippen LogP contribution >= 0.6 is 0 Å². The van der Waals surface area contributed by atoms with Crippen LogP contribution in [0.4, 0.5) is 0 Å². The summed E-state index contributed by atoms with van der Waals surface area (Å²) in [4.78, 5) is 23.7. The van der Waals surface area contributed by atoms with E-state index in [2.05, 4.69) is 0 Å². The van der Waals surface area contributed by atoms with E-state index in [0.29, 0.717) is 12.3 Å². The monoisotopic (exact) mass is 199 g/mol. The molecule has 0 saturated carbocycles. The first-order chi connectivity index (χ1) is 6.43. The normalized spacial score (nSPS) is 32.8. The molecule has 3 atom stereocenters. The number of carboxylic acids is 1. The quantitative estimate of drug-likeness (QED) is 0.688.